The number of carbonyl (C=O) groups excluding carboxylic acids is 2. The van der Waals surface area contributed by atoms with Crippen LogP contribution >= 0.6 is 0 Å². The molecule has 5 nitrogen and oxygen atoms in total. The Morgan fingerprint density at radius 1 is 0.409 bits per heavy atom. The van der Waals surface area contributed by atoms with Crippen LogP contribution in [0.4, 0.5) is 0 Å². The molecule has 262 valence electrons. The van der Waals surface area contributed by atoms with E-state index in [1.807, 2.05) is 0 Å². The van der Waals surface area contributed by atoms with Gasteiger partial charge >= 0.3 is 11.9 Å². The second kappa shape index (κ2) is 33.3. The molecule has 0 aromatic heterocycles. The molecule has 0 unspecified atom stereocenters. The molecule has 0 heterocycles. The fourth-order valence-electron chi connectivity index (χ4n) is 5.75. The van der Waals surface area contributed by atoms with E-state index in [1.54, 1.807) is 0 Å². The molecule has 0 aliphatic carbocycles. The van der Waals surface area contributed by atoms with E-state index >= 15 is 0 Å². The fourth-order valence-corrected chi connectivity index (χ4v) is 5.75. The Kier molecular flexibility index (Phi) is 32.4. The summed E-state index contributed by atoms with van der Waals surface area (Å²) >= 11 is 0. The van der Waals surface area contributed by atoms with Crippen molar-refractivity contribution >= 4 is 11.9 Å². The first-order valence-corrected chi connectivity index (χ1v) is 19.3. The van der Waals surface area contributed by atoms with E-state index in [4.69, 9.17) is 9.47 Å². The second-order valence-corrected chi connectivity index (χ2v) is 14.4. The van der Waals surface area contributed by atoms with E-state index in [2.05, 4.69) is 27.7 Å². The highest BCUT2D eigenvalue weighted by Gasteiger charge is 2.12. The lowest BCUT2D eigenvalue weighted by atomic mass is 10.0. The van der Waals surface area contributed by atoms with Gasteiger partial charge in [0.05, 0.1) is 0 Å². The van der Waals surface area contributed by atoms with Crippen LogP contribution in [0, 0.1) is 11.8 Å². The van der Waals surface area contributed by atoms with Gasteiger partial charge in [0.1, 0.15) is 19.3 Å². The van der Waals surface area contributed by atoms with E-state index in [1.165, 1.54) is 135 Å². The Bertz CT molecular complexity index is 618. The van der Waals surface area contributed by atoms with Gasteiger partial charge in [-0.3, -0.25) is 9.59 Å². The van der Waals surface area contributed by atoms with Gasteiger partial charge < -0.3 is 14.6 Å². The maximum atomic E-state index is 12.0. The van der Waals surface area contributed by atoms with Crippen LogP contribution in [-0.2, 0) is 19.1 Å². The average molecular weight is 625 g/mol. The molecule has 1 N–H and O–H groups in total. The van der Waals surface area contributed by atoms with E-state index in [0.717, 1.165) is 43.9 Å². The topological polar surface area (TPSA) is 72.8 Å². The molecule has 0 amide bonds. The zero-order valence-electron chi connectivity index (χ0n) is 30.0. The lowest BCUT2D eigenvalue weighted by Gasteiger charge is -2.12. The number of hydrogen-bond acceptors (Lipinski definition) is 5. The minimum absolute atomic E-state index is 0.109. The molecule has 0 saturated heterocycles. The van der Waals surface area contributed by atoms with Crippen LogP contribution < -0.4 is 0 Å². The maximum absolute atomic E-state index is 12.0. The van der Waals surface area contributed by atoms with Crippen molar-refractivity contribution in [3.8, 4) is 0 Å². The minimum Gasteiger partial charge on any atom is -0.463 e. The summed E-state index contributed by atoms with van der Waals surface area (Å²) in [6.45, 7) is 9.01. The number of aliphatic hydroxyl groups excluding tert-OH is 1. The van der Waals surface area contributed by atoms with E-state index in [-0.39, 0.29) is 25.2 Å². The summed E-state index contributed by atoms with van der Waals surface area (Å²) in [7, 11) is 0. The first-order valence-electron chi connectivity index (χ1n) is 19.3. The summed E-state index contributed by atoms with van der Waals surface area (Å²) in [6, 6.07) is 0. The fraction of sp³-hybridized carbons (Fsp3) is 0.949. The van der Waals surface area contributed by atoms with Crippen molar-refractivity contribution in [2.24, 2.45) is 11.8 Å². The molecule has 0 spiro atoms. The van der Waals surface area contributed by atoms with Gasteiger partial charge in [-0.05, 0) is 24.7 Å². The molecular formula is C39H76O5. The molecule has 0 aromatic carbocycles. The van der Waals surface area contributed by atoms with Crippen molar-refractivity contribution in [2.45, 2.75) is 214 Å². The Labute approximate surface area is 274 Å². The van der Waals surface area contributed by atoms with Gasteiger partial charge in [-0.15, -0.1) is 0 Å². The normalized spacial score (nSPS) is 12.2. The summed E-state index contributed by atoms with van der Waals surface area (Å²) in [5.41, 5.74) is 0. The molecule has 0 bridgehead atoms. The van der Waals surface area contributed by atoms with Crippen molar-refractivity contribution in [1.29, 1.82) is 0 Å². The number of esters is 2. The molecular weight excluding hydrogens is 548 g/mol. The molecule has 0 fully saturated rings. The number of ether oxygens (including phenoxy) is 2. The van der Waals surface area contributed by atoms with Crippen molar-refractivity contribution in [3.63, 3.8) is 0 Å². The van der Waals surface area contributed by atoms with E-state index in [0.29, 0.717) is 12.8 Å². The van der Waals surface area contributed by atoms with Crippen molar-refractivity contribution < 1.29 is 24.2 Å². The number of unbranched alkanes of at least 4 members (excludes halogenated alkanes) is 22. The highest BCUT2D eigenvalue weighted by molar-refractivity contribution is 5.69. The van der Waals surface area contributed by atoms with Crippen molar-refractivity contribution in [2.75, 3.05) is 13.2 Å². The van der Waals surface area contributed by atoms with Crippen molar-refractivity contribution in [1.82, 2.24) is 0 Å². The van der Waals surface area contributed by atoms with Crippen LogP contribution in [0.1, 0.15) is 207 Å². The second-order valence-electron chi connectivity index (χ2n) is 14.4. The Hall–Kier alpha value is -1.10. The first kappa shape index (κ1) is 42.9. The molecule has 0 saturated carbocycles. The van der Waals surface area contributed by atoms with Crippen LogP contribution in [0.2, 0.25) is 0 Å². The molecule has 0 aromatic rings. The van der Waals surface area contributed by atoms with Crippen molar-refractivity contribution in [3.05, 3.63) is 0 Å². The van der Waals surface area contributed by atoms with Crippen LogP contribution in [-0.4, -0.2) is 36.4 Å². The highest BCUT2D eigenvalue weighted by Crippen LogP contribution is 2.16. The molecule has 44 heavy (non-hydrogen) atoms. The van der Waals surface area contributed by atoms with Gasteiger partial charge in [0.2, 0.25) is 0 Å². The summed E-state index contributed by atoms with van der Waals surface area (Å²) in [5.74, 6) is 1.13. The number of carbonyl (C=O) groups is 2. The summed E-state index contributed by atoms with van der Waals surface area (Å²) < 4.78 is 10.3. The molecule has 0 aliphatic rings. The Morgan fingerprint density at radius 2 is 0.636 bits per heavy atom. The predicted octanol–water partition coefficient (Wildman–Crippen LogP) is 11.7. The number of hydrogen-bond donors (Lipinski definition) is 1. The quantitative estimate of drug-likeness (QED) is 0.0569. The van der Waals surface area contributed by atoms with Gasteiger partial charge in [0.15, 0.2) is 0 Å². The highest BCUT2D eigenvalue weighted by atomic mass is 16.6. The zero-order valence-corrected chi connectivity index (χ0v) is 30.0. The maximum Gasteiger partial charge on any atom is 0.305 e. The number of rotatable bonds is 34. The molecule has 5 heteroatoms. The summed E-state index contributed by atoms with van der Waals surface area (Å²) in [5, 5.41) is 10.00. The van der Waals surface area contributed by atoms with E-state index in [9.17, 15) is 14.7 Å². The van der Waals surface area contributed by atoms with Gasteiger partial charge in [0.25, 0.3) is 0 Å². The average Bonchev–Trinajstić information content (AvgIpc) is 2.98. The van der Waals surface area contributed by atoms with Crippen LogP contribution in [0.15, 0.2) is 0 Å². The lowest BCUT2D eigenvalue weighted by molar-refractivity contribution is -0.152. The van der Waals surface area contributed by atoms with Crippen LogP contribution in [0.3, 0.4) is 0 Å². The first-order chi connectivity index (χ1) is 21.3. The minimum atomic E-state index is -0.956. The predicted molar refractivity (Wildman–Crippen MR) is 187 cm³/mol. The molecule has 0 aliphatic heterocycles. The smallest absolute Gasteiger partial charge is 0.305 e. The lowest BCUT2D eigenvalue weighted by Crippen LogP contribution is -2.25. The summed E-state index contributed by atoms with van der Waals surface area (Å²) in [4.78, 5) is 23.9. The monoisotopic (exact) mass is 625 g/mol. The third-order valence-corrected chi connectivity index (χ3v) is 8.70. The zero-order chi connectivity index (χ0) is 32.5. The largest absolute Gasteiger partial charge is 0.463 e. The van der Waals surface area contributed by atoms with Crippen LogP contribution in [0.25, 0.3) is 0 Å². The van der Waals surface area contributed by atoms with E-state index < -0.39 is 6.10 Å². The van der Waals surface area contributed by atoms with Crippen LogP contribution in [0.5, 0.6) is 0 Å². The Morgan fingerprint density at radius 3 is 0.886 bits per heavy atom. The van der Waals surface area contributed by atoms with Gasteiger partial charge in [0, 0.05) is 12.8 Å². The number of aliphatic hydroxyl groups is 1. The Balaban J connectivity index is 3.39. The summed E-state index contributed by atoms with van der Waals surface area (Å²) in [6.07, 6.45) is 33.0. The molecule has 0 radical (unpaired) electrons. The van der Waals surface area contributed by atoms with Gasteiger partial charge in [-0.1, -0.05) is 182 Å². The third kappa shape index (κ3) is 35.4. The van der Waals surface area contributed by atoms with Gasteiger partial charge in [-0.2, -0.15) is 0 Å². The molecule has 0 rings (SSSR count). The third-order valence-electron chi connectivity index (χ3n) is 8.70. The molecule has 1 atom stereocenters. The van der Waals surface area contributed by atoms with Gasteiger partial charge in [-0.25, -0.2) is 0 Å². The SMILES string of the molecule is CC(C)CCCCCCCCCCCCCCCCC(=O)OC[C@H](O)COC(=O)CCCCCCCCCCCCC(C)C. The standard InChI is InChI=1S/C39H76O5/c1-35(2)29-25-21-17-13-9-7-5-6-8-10-15-19-23-27-31-38(41)43-33-37(40)34-44-39(42)32-28-24-20-16-12-11-14-18-22-26-30-36(3)4/h35-37,40H,5-34H2,1-4H3/t37-/m0/s1.